The molecule has 0 radical (unpaired) electrons. The van der Waals surface area contributed by atoms with Gasteiger partial charge in [-0.15, -0.1) is 0 Å². The fourth-order valence-electron chi connectivity index (χ4n) is 5.11. The molecule has 1 fully saturated rings. The van der Waals surface area contributed by atoms with Gasteiger partial charge in [0, 0.05) is 28.3 Å². The number of phenols is 1. The van der Waals surface area contributed by atoms with Gasteiger partial charge in [0.15, 0.2) is 5.11 Å². The molecule has 7 heteroatoms. The Morgan fingerprint density at radius 3 is 2.54 bits per heavy atom. The molecule has 0 unspecified atom stereocenters. The smallest absolute Gasteiger partial charge is 0.174 e. The summed E-state index contributed by atoms with van der Waals surface area (Å²) >= 11 is 12.2. The second-order valence-electron chi connectivity index (χ2n) is 8.77. The molecule has 2 aromatic carbocycles. The molecule has 1 aliphatic rings. The van der Waals surface area contributed by atoms with E-state index in [2.05, 4.69) is 66.0 Å². The van der Waals surface area contributed by atoms with Crippen molar-refractivity contribution in [1.82, 2.24) is 14.9 Å². The summed E-state index contributed by atoms with van der Waals surface area (Å²) in [5, 5.41) is 15.3. The zero-order chi connectivity index (χ0) is 24.7. The molecule has 2 N–H and O–H groups in total. The first kappa shape index (κ1) is 23.4. The van der Waals surface area contributed by atoms with Gasteiger partial charge in [-0.1, -0.05) is 42.8 Å². The molecule has 0 aliphatic carbocycles. The van der Waals surface area contributed by atoms with E-state index in [-0.39, 0.29) is 17.8 Å². The van der Waals surface area contributed by atoms with Gasteiger partial charge in [-0.2, -0.15) is 0 Å². The lowest BCUT2D eigenvalue weighted by atomic mass is 9.96. The molecule has 3 heterocycles. The first-order chi connectivity index (χ1) is 16.9. The zero-order valence-electron chi connectivity index (χ0n) is 19.9. The zero-order valence-corrected chi connectivity index (χ0v) is 21.4. The maximum absolute atomic E-state index is 10.8. The van der Waals surface area contributed by atoms with Gasteiger partial charge in [-0.05, 0) is 86.1 Å². The monoisotopic (exact) mass is 502 g/mol. The predicted octanol–water partition coefficient (Wildman–Crippen LogP) is 6.59. The van der Waals surface area contributed by atoms with Crippen molar-refractivity contribution in [2.24, 2.45) is 0 Å². The molecule has 4 aromatic rings. The number of benzene rings is 2. The van der Waals surface area contributed by atoms with Gasteiger partial charge in [0.25, 0.3) is 0 Å². The summed E-state index contributed by atoms with van der Waals surface area (Å²) in [4.78, 5) is 6.61. The molecule has 35 heavy (non-hydrogen) atoms. The van der Waals surface area contributed by atoms with Crippen LogP contribution in [0.4, 0.5) is 5.69 Å². The number of thiocarbonyl (C=S) groups is 1. The van der Waals surface area contributed by atoms with Crippen LogP contribution in [0.3, 0.4) is 0 Å². The molecule has 1 aliphatic heterocycles. The minimum atomic E-state index is -0.240. The van der Waals surface area contributed by atoms with Gasteiger partial charge < -0.3 is 19.9 Å². The molecular weight excluding hydrogens is 476 g/mol. The van der Waals surface area contributed by atoms with Crippen molar-refractivity contribution in [3.63, 3.8) is 0 Å². The van der Waals surface area contributed by atoms with Crippen LogP contribution < -0.4 is 10.2 Å². The minimum Gasteiger partial charge on any atom is -0.506 e. The van der Waals surface area contributed by atoms with E-state index in [1.54, 1.807) is 24.4 Å². The number of para-hydroxylation sites is 1. The molecule has 178 valence electrons. The SMILES string of the molecule is CCc1ccccc1-n1c(C)cc([C@H]2[C@H](c3ccccn3)NC(=S)N2c2cc(Cl)ccc2O)c1C. The van der Waals surface area contributed by atoms with Crippen molar-refractivity contribution in [3.05, 3.63) is 106 Å². The molecule has 5 rings (SSSR count). The van der Waals surface area contributed by atoms with Crippen LogP contribution in [0.25, 0.3) is 5.69 Å². The first-order valence-corrected chi connectivity index (χ1v) is 12.5. The summed E-state index contributed by atoms with van der Waals surface area (Å²) in [6, 6.07) is 21.2. The first-order valence-electron chi connectivity index (χ1n) is 11.7. The largest absolute Gasteiger partial charge is 0.506 e. The number of phenolic OH excluding ortho intramolecular Hbond substituents is 1. The van der Waals surface area contributed by atoms with Crippen molar-refractivity contribution >= 4 is 34.6 Å². The molecule has 2 aromatic heterocycles. The lowest BCUT2D eigenvalue weighted by molar-refractivity contribution is 0.472. The summed E-state index contributed by atoms with van der Waals surface area (Å²) in [6.45, 7) is 6.44. The summed E-state index contributed by atoms with van der Waals surface area (Å²) in [7, 11) is 0. The van der Waals surface area contributed by atoms with E-state index in [1.165, 1.54) is 11.3 Å². The van der Waals surface area contributed by atoms with Crippen molar-refractivity contribution in [1.29, 1.82) is 0 Å². The molecule has 5 nitrogen and oxygen atoms in total. The molecular formula is C28H27ClN4OS. The fraction of sp³-hybridized carbons (Fsp3) is 0.214. The van der Waals surface area contributed by atoms with Crippen LogP contribution in [0.1, 0.15) is 47.2 Å². The van der Waals surface area contributed by atoms with Gasteiger partial charge in [-0.3, -0.25) is 4.98 Å². The fourth-order valence-corrected chi connectivity index (χ4v) is 5.61. The molecule has 1 saturated heterocycles. The van der Waals surface area contributed by atoms with Crippen molar-refractivity contribution in [3.8, 4) is 11.4 Å². The number of nitrogens with one attached hydrogen (secondary N) is 1. The van der Waals surface area contributed by atoms with Crippen LogP contribution in [-0.4, -0.2) is 19.8 Å². The number of pyridine rings is 1. The van der Waals surface area contributed by atoms with Crippen LogP contribution in [0.5, 0.6) is 5.75 Å². The highest BCUT2D eigenvalue weighted by Gasteiger charge is 2.43. The average Bonchev–Trinajstić information content (AvgIpc) is 3.36. The van der Waals surface area contributed by atoms with Crippen LogP contribution in [0, 0.1) is 13.8 Å². The van der Waals surface area contributed by atoms with Crippen molar-refractivity contribution in [2.45, 2.75) is 39.3 Å². The highest BCUT2D eigenvalue weighted by atomic mass is 35.5. The Morgan fingerprint density at radius 2 is 1.80 bits per heavy atom. The third-order valence-corrected chi connectivity index (χ3v) is 7.25. The number of aromatic hydroxyl groups is 1. The summed E-state index contributed by atoms with van der Waals surface area (Å²) in [5.41, 5.74) is 7.26. The number of nitrogens with zero attached hydrogens (tertiary/aromatic N) is 3. The molecule has 2 atom stereocenters. The molecule has 0 bridgehead atoms. The lowest BCUT2D eigenvalue weighted by Crippen LogP contribution is -2.29. The number of halogens is 1. The van der Waals surface area contributed by atoms with Gasteiger partial charge in [0.1, 0.15) is 5.75 Å². The van der Waals surface area contributed by atoms with E-state index in [9.17, 15) is 5.11 Å². The summed E-state index contributed by atoms with van der Waals surface area (Å²) in [5.74, 6) is 0.121. The number of aryl methyl sites for hydroxylation is 2. The van der Waals surface area contributed by atoms with E-state index in [1.807, 2.05) is 23.1 Å². The van der Waals surface area contributed by atoms with E-state index in [0.29, 0.717) is 15.8 Å². The topological polar surface area (TPSA) is 53.3 Å². The maximum atomic E-state index is 10.8. The lowest BCUT2D eigenvalue weighted by Gasteiger charge is -2.29. The van der Waals surface area contributed by atoms with Crippen LogP contribution in [0.15, 0.2) is 72.9 Å². The normalized spacial score (nSPS) is 17.6. The number of hydrogen-bond donors (Lipinski definition) is 2. The maximum Gasteiger partial charge on any atom is 0.174 e. The van der Waals surface area contributed by atoms with E-state index in [0.717, 1.165) is 29.1 Å². The van der Waals surface area contributed by atoms with E-state index >= 15 is 0 Å². The van der Waals surface area contributed by atoms with Crippen molar-refractivity contribution in [2.75, 3.05) is 4.90 Å². The van der Waals surface area contributed by atoms with Gasteiger partial charge >= 0.3 is 0 Å². The molecule has 0 saturated carbocycles. The third kappa shape index (κ3) is 4.07. The summed E-state index contributed by atoms with van der Waals surface area (Å²) < 4.78 is 2.31. The van der Waals surface area contributed by atoms with Gasteiger partial charge in [0.05, 0.1) is 23.5 Å². The molecule has 0 amide bonds. The number of aromatic nitrogens is 2. The Balaban J connectivity index is 1.72. The predicted molar refractivity (Wildman–Crippen MR) is 146 cm³/mol. The Hall–Kier alpha value is -3.35. The Morgan fingerprint density at radius 1 is 1.03 bits per heavy atom. The van der Waals surface area contributed by atoms with Gasteiger partial charge in [-0.25, -0.2) is 0 Å². The highest BCUT2D eigenvalue weighted by molar-refractivity contribution is 7.80. The Bertz CT molecular complexity index is 1400. The van der Waals surface area contributed by atoms with E-state index < -0.39 is 0 Å². The average molecular weight is 503 g/mol. The van der Waals surface area contributed by atoms with Crippen molar-refractivity contribution < 1.29 is 5.11 Å². The number of rotatable bonds is 5. The quantitative estimate of drug-likeness (QED) is 0.301. The van der Waals surface area contributed by atoms with Crippen LogP contribution >= 0.6 is 23.8 Å². The van der Waals surface area contributed by atoms with Crippen LogP contribution in [0.2, 0.25) is 5.02 Å². The molecule has 0 spiro atoms. The Labute approximate surface area is 216 Å². The third-order valence-electron chi connectivity index (χ3n) is 6.70. The number of hydrogen-bond acceptors (Lipinski definition) is 3. The number of anilines is 1. The standard InChI is InChI=1S/C28H27ClN4OS/c1-4-19-9-5-6-11-23(19)32-17(2)15-21(18(32)3)27-26(22-10-7-8-14-30-22)31-28(35)33(27)24-16-20(29)12-13-25(24)34/h5-16,26-27,34H,4H2,1-3H3,(H,31,35)/t26-,27-/m0/s1. The van der Waals surface area contributed by atoms with Crippen LogP contribution in [-0.2, 0) is 6.42 Å². The second-order valence-corrected chi connectivity index (χ2v) is 9.60. The second kappa shape index (κ2) is 9.36. The van der Waals surface area contributed by atoms with E-state index in [4.69, 9.17) is 23.8 Å². The Kier molecular flexibility index (Phi) is 6.26. The summed E-state index contributed by atoms with van der Waals surface area (Å²) in [6.07, 6.45) is 2.73. The van der Waals surface area contributed by atoms with Gasteiger partial charge in [0.2, 0.25) is 0 Å². The minimum absolute atomic E-state index is 0.121. The highest BCUT2D eigenvalue weighted by Crippen LogP contribution is 2.46.